The number of nitrogens with one attached hydrogen (secondary N) is 1. The number of piperidine rings is 1. The molecular weight excluding hydrogens is 260 g/mol. The van der Waals surface area contributed by atoms with Crippen molar-refractivity contribution in [3.63, 3.8) is 0 Å². The molecule has 3 nitrogen and oxygen atoms in total. The molecular formula is C18H28N2O. The number of hydrogen-bond acceptors (Lipinski definition) is 3. The maximum absolute atomic E-state index is 6.31. The lowest BCUT2D eigenvalue weighted by Crippen LogP contribution is -2.40. The van der Waals surface area contributed by atoms with Gasteiger partial charge in [0.1, 0.15) is 11.4 Å². The Hall–Kier alpha value is -1.06. The highest BCUT2D eigenvalue weighted by molar-refractivity contribution is 5.47. The number of likely N-dealkylation sites (tertiary alicyclic amines) is 1. The Morgan fingerprint density at radius 2 is 2.19 bits per heavy atom. The van der Waals surface area contributed by atoms with Crippen molar-refractivity contribution in [2.75, 3.05) is 27.2 Å². The van der Waals surface area contributed by atoms with Crippen LogP contribution < -0.4 is 10.1 Å². The summed E-state index contributed by atoms with van der Waals surface area (Å²) in [5, 5.41) is 3.37. The molecule has 2 atom stereocenters. The van der Waals surface area contributed by atoms with Gasteiger partial charge in [0.25, 0.3) is 0 Å². The van der Waals surface area contributed by atoms with Crippen LogP contribution in [0.3, 0.4) is 0 Å². The van der Waals surface area contributed by atoms with Gasteiger partial charge in [0.15, 0.2) is 0 Å². The second kappa shape index (κ2) is 5.62. The Kier molecular flexibility index (Phi) is 3.98. The highest BCUT2D eigenvalue weighted by Gasteiger charge is 2.37. The van der Waals surface area contributed by atoms with Gasteiger partial charge in [-0.2, -0.15) is 0 Å². The van der Waals surface area contributed by atoms with E-state index >= 15 is 0 Å². The van der Waals surface area contributed by atoms with E-state index in [1.54, 1.807) is 0 Å². The molecule has 0 aliphatic carbocycles. The van der Waals surface area contributed by atoms with E-state index in [1.807, 2.05) is 0 Å². The van der Waals surface area contributed by atoms with Crippen LogP contribution >= 0.6 is 0 Å². The Morgan fingerprint density at radius 1 is 1.38 bits per heavy atom. The minimum Gasteiger partial charge on any atom is -0.487 e. The van der Waals surface area contributed by atoms with E-state index in [-0.39, 0.29) is 5.60 Å². The summed E-state index contributed by atoms with van der Waals surface area (Å²) in [5.41, 5.74) is 2.70. The standard InChI is InChI=1S/C18H28N2O/c1-18(2)11-13-7-5-9-15(17(13)21-18)16-14(12-19-3)8-6-10-20(16)4/h5,7,9,14,16,19H,6,8,10-12H2,1-4H3. The fourth-order valence-electron chi connectivity index (χ4n) is 4.10. The molecule has 3 rings (SSSR count). The molecule has 0 radical (unpaired) electrons. The lowest BCUT2D eigenvalue weighted by atomic mass is 9.84. The quantitative estimate of drug-likeness (QED) is 0.925. The van der Waals surface area contributed by atoms with Crippen molar-refractivity contribution in [2.24, 2.45) is 5.92 Å². The number of rotatable bonds is 3. The monoisotopic (exact) mass is 288 g/mol. The molecule has 1 aromatic carbocycles. The van der Waals surface area contributed by atoms with Crippen LogP contribution in [0.1, 0.15) is 43.9 Å². The first-order chi connectivity index (χ1) is 10.0. The SMILES string of the molecule is CNCC1CCCN(C)C1c1cccc2c1OC(C)(C)C2. The smallest absolute Gasteiger partial charge is 0.128 e. The third kappa shape index (κ3) is 2.82. The van der Waals surface area contributed by atoms with Gasteiger partial charge in [0.2, 0.25) is 0 Å². The highest BCUT2D eigenvalue weighted by atomic mass is 16.5. The summed E-state index contributed by atoms with van der Waals surface area (Å²) in [5.74, 6) is 1.81. The van der Waals surface area contributed by atoms with E-state index in [4.69, 9.17) is 4.74 Å². The molecule has 2 aliphatic rings. The number of para-hydroxylation sites is 1. The molecule has 0 amide bonds. The molecule has 116 valence electrons. The molecule has 1 N–H and O–H groups in total. The molecule has 0 saturated carbocycles. The van der Waals surface area contributed by atoms with Crippen LogP contribution in [-0.4, -0.2) is 37.7 Å². The summed E-state index contributed by atoms with van der Waals surface area (Å²) in [4.78, 5) is 2.51. The number of hydrogen-bond donors (Lipinski definition) is 1. The molecule has 3 heteroatoms. The van der Waals surface area contributed by atoms with Gasteiger partial charge < -0.3 is 10.1 Å². The second-order valence-corrected chi connectivity index (χ2v) is 7.26. The number of ether oxygens (including phenoxy) is 1. The molecule has 0 aromatic heterocycles. The third-order valence-electron chi connectivity index (χ3n) is 4.91. The van der Waals surface area contributed by atoms with Crippen molar-refractivity contribution in [2.45, 2.75) is 44.8 Å². The van der Waals surface area contributed by atoms with Crippen molar-refractivity contribution >= 4 is 0 Å². The van der Waals surface area contributed by atoms with Gasteiger partial charge in [-0.25, -0.2) is 0 Å². The summed E-state index contributed by atoms with van der Waals surface area (Å²) in [7, 11) is 4.31. The molecule has 2 aliphatic heterocycles. The topological polar surface area (TPSA) is 24.5 Å². The van der Waals surface area contributed by atoms with Crippen LogP contribution in [0.15, 0.2) is 18.2 Å². The molecule has 0 bridgehead atoms. The minimum absolute atomic E-state index is 0.0653. The van der Waals surface area contributed by atoms with E-state index in [0.717, 1.165) is 18.7 Å². The van der Waals surface area contributed by atoms with E-state index in [1.165, 1.54) is 30.5 Å². The zero-order chi connectivity index (χ0) is 15.0. The third-order valence-corrected chi connectivity index (χ3v) is 4.91. The first-order valence-electron chi connectivity index (χ1n) is 8.17. The average molecular weight is 288 g/mol. The van der Waals surface area contributed by atoms with Gasteiger partial charge in [-0.15, -0.1) is 0 Å². The summed E-state index contributed by atoms with van der Waals surface area (Å²) in [6.45, 7) is 6.62. The number of fused-ring (bicyclic) bond motifs is 1. The van der Waals surface area contributed by atoms with Gasteiger partial charge in [0, 0.05) is 18.0 Å². The molecule has 21 heavy (non-hydrogen) atoms. The lowest BCUT2D eigenvalue weighted by Gasteiger charge is -2.40. The average Bonchev–Trinajstić information content (AvgIpc) is 2.73. The molecule has 2 heterocycles. The number of nitrogens with zero attached hydrogens (tertiary/aromatic N) is 1. The van der Waals surface area contributed by atoms with Crippen molar-refractivity contribution in [3.8, 4) is 5.75 Å². The van der Waals surface area contributed by atoms with Crippen LogP contribution in [-0.2, 0) is 6.42 Å². The zero-order valence-corrected chi connectivity index (χ0v) is 13.8. The van der Waals surface area contributed by atoms with Gasteiger partial charge in [-0.05, 0) is 65.4 Å². The Balaban J connectivity index is 1.97. The second-order valence-electron chi connectivity index (χ2n) is 7.26. The largest absolute Gasteiger partial charge is 0.487 e. The van der Waals surface area contributed by atoms with E-state index < -0.39 is 0 Å². The van der Waals surface area contributed by atoms with Crippen LogP contribution in [0.2, 0.25) is 0 Å². The van der Waals surface area contributed by atoms with Crippen molar-refractivity contribution in [3.05, 3.63) is 29.3 Å². The van der Waals surface area contributed by atoms with Gasteiger partial charge in [0.05, 0.1) is 0 Å². The molecule has 1 aromatic rings. The van der Waals surface area contributed by atoms with Crippen LogP contribution in [0.25, 0.3) is 0 Å². The Labute approximate surface area is 128 Å². The minimum atomic E-state index is -0.0653. The van der Waals surface area contributed by atoms with Crippen LogP contribution in [0.4, 0.5) is 0 Å². The zero-order valence-electron chi connectivity index (χ0n) is 13.8. The molecule has 0 spiro atoms. The number of benzene rings is 1. The summed E-state index contributed by atoms with van der Waals surface area (Å²) in [6.07, 6.45) is 3.60. The Morgan fingerprint density at radius 3 is 2.95 bits per heavy atom. The maximum atomic E-state index is 6.31. The molecule has 1 saturated heterocycles. The van der Waals surface area contributed by atoms with Crippen molar-refractivity contribution in [1.82, 2.24) is 10.2 Å². The summed E-state index contributed by atoms with van der Waals surface area (Å²) < 4.78 is 6.31. The van der Waals surface area contributed by atoms with Gasteiger partial charge >= 0.3 is 0 Å². The summed E-state index contributed by atoms with van der Waals surface area (Å²) >= 11 is 0. The highest BCUT2D eigenvalue weighted by Crippen LogP contribution is 2.45. The summed E-state index contributed by atoms with van der Waals surface area (Å²) in [6, 6.07) is 7.17. The van der Waals surface area contributed by atoms with E-state index in [0.29, 0.717) is 12.0 Å². The lowest BCUT2D eigenvalue weighted by molar-refractivity contribution is 0.106. The predicted octanol–water partition coefficient (Wildman–Crippen LogP) is 3.00. The maximum Gasteiger partial charge on any atom is 0.128 e. The fraction of sp³-hybridized carbons (Fsp3) is 0.667. The fourth-order valence-corrected chi connectivity index (χ4v) is 4.10. The van der Waals surface area contributed by atoms with E-state index in [9.17, 15) is 0 Å². The van der Waals surface area contributed by atoms with Gasteiger partial charge in [-0.3, -0.25) is 4.90 Å². The van der Waals surface area contributed by atoms with Crippen LogP contribution in [0, 0.1) is 5.92 Å². The molecule has 2 unspecified atom stereocenters. The first kappa shape index (κ1) is 14.9. The van der Waals surface area contributed by atoms with Crippen LogP contribution in [0.5, 0.6) is 5.75 Å². The normalized spacial score (nSPS) is 28.2. The molecule has 1 fully saturated rings. The van der Waals surface area contributed by atoms with Crippen molar-refractivity contribution < 1.29 is 4.74 Å². The predicted molar refractivity (Wildman–Crippen MR) is 86.9 cm³/mol. The van der Waals surface area contributed by atoms with Gasteiger partial charge in [-0.1, -0.05) is 18.2 Å². The van der Waals surface area contributed by atoms with E-state index in [2.05, 4.69) is 56.4 Å². The Bertz CT molecular complexity index is 510. The first-order valence-corrected chi connectivity index (χ1v) is 8.17. The van der Waals surface area contributed by atoms with Crippen molar-refractivity contribution in [1.29, 1.82) is 0 Å².